The lowest BCUT2D eigenvalue weighted by Crippen LogP contribution is -2.33. The Kier molecular flexibility index (Phi) is 6.29. The molecule has 0 aliphatic carbocycles. The van der Waals surface area contributed by atoms with E-state index in [0.29, 0.717) is 27.4 Å². The van der Waals surface area contributed by atoms with Crippen molar-refractivity contribution in [1.82, 2.24) is 5.32 Å². The Morgan fingerprint density at radius 2 is 1.94 bits per heavy atom. The molecule has 0 radical (unpaired) electrons. The maximum atomic E-state index is 11.7. The number of rotatable bonds is 5. The number of hydrogen-bond acceptors (Lipinski definition) is 3. The summed E-state index contributed by atoms with van der Waals surface area (Å²) in [6, 6.07) is 4.60. The first-order chi connectivity index (χ1) is 8.43. The molecular formula is C12H15Cl2NO2S. The van der Waals surface area contributed by atoms with E-state index in [-0.39, 0.29) is 0 Å². The average Bonchev–Trinajstić information content (AvgIpc) is 2.33. The van der Waals surface area contributed by atoms with Crippen molar-refractivity contribution in [3.8, 4) is 0 Å². The van der Waals surface area contributed by atoms with Crippen LogP contribution in [0, 0.1) is 0 Å². The van der Waals surface area contributed by atoms with Crippen molar-refractivity contribution >= 4 is 40.9 Å². The summed E-state index contributed by atoms with van der Waals surface area (Å²) in [4.78, 5) is 11.7. The van der Waals surface area contributed by atoms with Crippen LogP contribution in [0.5, 0.6) is 0 Å². The van der Waals surface area contributed by atoms with Crippen molar-refractivity contribution in [2.24, 2.45) is 0 Å². The Morgan fingerprint density at radius 1 is 1.39 bits per heavy atom. The quantitative estimate of drug-likeness (QED) is 0.879. The summed E-state index contributed by atoms with van der Waals surface area (Å²) in [7, 11) is 0. The second kappa shape index (κ2) is 7.24. The van der Waals surface area contributed by atoms with Crippen LogP contribution in [0.2, 0.25) is 10.0 Å². The van der Waals surface area contributed by atoms with Crippen LogP contribution in [0.15, 0.2) is 18.2 Å². The molecule has 1 aromatic carbocycles. The zero-order valence-electron chi connectivity index (χ0n) is 10.1. The van der Waals surface area contributed by atoms with Gasteiger partial charge in [0.1, 0.15) is 0 Å². The molecule has 6 heteroatoms. The Balaban J connectivity index is 2.68. The van der Waals surface area contributed by atoms with E-state index in [1.165, 1.54) is 12.1 Å². The molecule has 0 saturated carbocycles. The van der Waals surface area contributed by atoms with Crippen molar-refractivity contribution < 1.29 is 9.90 Å². The molecule has 100 valence electrons. The first-order valence-corrected chi connectivity index (χ1v) is 7.43. The van der Waals surface area contributed by atoms with Crippen LogP contribution in [-0.2, 0) is 4.79 Å². The van der Waals surface area contributed by atoms with Gasteiger partial charge in [-0.05, 0) is 30.0 Å². The fraction of sp³-hybridized carbons (Fsp3) is 0.417. The first kappa shape index (κ1) is 15.6. The van der Waals surface area contributed by atoms with Gasteiger partial charge in [0.15, 0.2) is 6.10 Å². The van der Waals surface area contributed by atoms with E-state index < -0.39 is 12.0 Å². The standard InChI is InChI=1S/C12H15Cl2NO2S/c1-7(18-2)6-15-12(17)11(16)8-3-9(13)5-10(14)4-8/h3-5,7,11,16H,6H2,1-2H3,(H,15,17). The van der Waals surface area contributed by atoms with E-state index in [1.807, 2.05) is 13.2 Å². The normalized spacial score (nSPS) is 14.1. The van der Waals surface area contributed by atoms with Gasteiger partial charge in [-0.1, -0.05) is 30.1 Å². The molecule has 3 nitrogen and oxygen atoms in total. The predicted molar refractivity (Wildman–Crippen MR) is 77.4 cm³/mol. The number of benzene rings is 1. The topological polar surface area (TPSA) is 49.3 Å². The zero-order chi connectivity index (χ0) is 13.7. The molecule has 0 fully saturated rings. The number of carbonyl (C=O) groups is 1. The van der Waals surface area contributed by atoms with Crippen LogP contribution in [0.4, 0.5) is 0 Å². The third-order valence-electron chi connectivity index (χ3n) is 2.42. The van der Waals surface area contributed by atoms with Crippen molar-refractivity contribution in [3.05, 3.63) is 33.8 Å². The first-order valence-electron chi connectivity index (χ1n) is 5.38. The van der Waals surface area contributed by atoms with Gasteiger partial charge in [0.2, 0.25) is 0 Å². The number of hydrogen-bond donors (Lipinski definition) is 2. The van der Waals surface area contributed by atoms with Crippen molar-refractivity contribution in [2.45, 2.75) is 18.3 Å². The molecular weight excluding hydrogens is 293 g/mol. The lowest BCUT2D eigenvalue weighted by atomic mass is 10.1. The van der Waals surface area contributed by atoms with Gasteiger partial charge in [-0.2, -0.15) is 11.8 Å². The van der Waals surface area contributed by atoms with E-state index >= 15 is 0 Å². The summed E-state index contributed by atoms with van der Waals surface area (Å²) in [5.41, 5.74) is 0.391. The smallest absolute Gasteiger partial charge is 0.253 e. The number of nitrogens with one attached hydrogen (secondary N) is 1. The highest BCUT2D eigenvalue weighted by molar-refractivity contribution is 7.99. The maximum Gasteiger partial charge on any atom is 0.253 e. The fourth-order valence-electron chi connectivity index (χ4n) is 1.31. The molecule has 1 rings (SSSR count). The van der Waals surface area contributed by atoms with Crippen LogP contribution in [0.1, 0.15) is 18.6 Å². The maximum absolute atomic E-state index is 11.7. The van der Waals surface area contributed by atoms with E-state index in [2.05, 4.69) is 5.32 Å². The summed E-state index contributed by atoms with van der Waals surface area (Å²) in [6.07, 6.45) is 0.708. The van der Waals surface area contributed by atoms with Crippen LogP contribution in [0.25, 0.3) is 0 Å². The minimum Gasteiger partial charge on any atom is -0.378 e. The van der Waals surface area contributed by atoms with Crippen molar-refractivity contribution in [1.29, 1.82) is 0 Å². The average molecular weight is 308 g/mol. The van der Waals surface area contributed by atoms with Gasteiger partial charge in [0.25, 0.3) is 5.91 Å². The highest BCUT2D eigenvalue weighted by atomic mass is 35.5. The predicted octanol–water partition coefficient (Wildman–Crippen LogP) is 2.89. The number of halogens is 2. The lowest BCUT2D eigenvalue weighted by molar-refractivity contribution is -0.129. The molecule has 2 unspecified atom stereocenters. The van der Waals surface area contributed by atoms with Gasteiger partial charge < -0.3 is 10.4 Å². The Bertz CT molecular complexity index is 408. The molecule has 0 saturated heterocycles. The summed E-state index contributed by atoms with van der Waals surface area (Å²) in [6.45, 7) is 2.50. The Hall–Kier alpha value is -0.420. The number of thioether (sulfide) groups is 1. The number of carbonyl (C=O) groups excluding carboxylic acids is 1. The minimum absolute atomic E-state index is 0.295. The van der Waals surface area contributed by atoms with E-state index in [0.717, 1.165) is 0 Å². The van der Waals surface area contributed by atoms with Gasteiger partial charge >= 0.3 is 0 Å². The van der Waals surface area contributed by atoms with Gasteiger partial charge in [0, 0.05) is 21.8 Å². The molecule has 18 heavy (non-hydrogen) atoms. The molecule has 2 atom stereocenters. The molecule has 2 N–H and O–H groups in total. The molecule has 0 aromatic heterocycles. The van der Waals surface area contributed by atoms with Gasteiger partial charge in [-0.25, -0.2) is 0 Å². The highest BCUT2D eigenvalue weighted by Crippen LogP contribution is 2.23. The Morgan fingerprint density at radius 3 is 2.44 bits per heavy atom. The third-order valence-corrected chi connectivity index (χ3v) is 3.82. The third kappa shape index (κ3) is 4.69. The van der Waals surface area contributed by atoms with E-state index in [4.69, 9.17) is 23.2 Å². The number of aliphatic hydroxyl groups excluding tert-OH is 1. The molecule has 0 aliphatic heterocycles. The van der Waals surface area contributed by atoms with Crippen LogP contribution >= 0.6 is 35.0 Å². The van der Waals surface area contributed by atoms with Crippen molar-refractivity contribution in [3.63, 3.8) is 0 Å². The van der Waals surface area contributed by atoms with E-state index in [1.54, 1.807) is 17.8 Å². The number of aliphatic hydroxyl groups is 1. The number of amides is 1. The molecule has 0 spiro atoms. The summed E-state index contributed by atoms with van der Waals surface area (Å²) >= 11 is 13.3. The van der Waals surface area contributed by atoms with Gasteiger partial charge in [-0.15, -0.1) is 0 Å². The molecule has 1 aromatic rings. The second-order valence-electron chi connectivity index (χ2n) is 3.90. The molecule has 0 bridgehead atoms. The second-order valence-corrected chi connectivity index (χ2v) is 6.05. The van der Waals surface area contributed by atoms with Crippen LogP contribution in [0.3, 0.4) is 0 Å². The van der Waals surface area contributed by atoms with E-state index in [9.17, 15) is 9.90 Å². The van der Waals surface area contributed by atoms with Crippen molar-refractivity contribution in [2.75, 3.05) is 12.8 Å². The zero-order valence-corrected chi connectivity index (χ0v) is 12.4. The van der Waals surface area contributed by atoms with Crippen LogP contribution in [-0.4, -0.2) is 29.1 Å². The molecule has 0 heterocycles. The SMILES string of the molecule is CSC(C)CNC(=O)C(O)c1cc(Cl)cc(Cl)c1. The monoisotopic (exact) mass is 307 g/mol. The summed E-state index contributed by atoms with van der Waals surface area (Å²) in [5, 5.41) is 13.6. The highest BCUT2D eigenvalue weighted by Gasteiger charge is 2.18. The van der Waals surface area contributed by atoms with Gasteiger partial charge in [0.05, 0.1) is 0 Å². The summed E-state index contributed by atoms with van der Waals surface area (Å²) < 4.78 is 0. The molecule has 0 aliphatic rings. The molecule has 1 amide bonds. The largest absolute Gasteiger partial charge is 0.378 e. The minimum atomic E-state index is -1.25. The fourth-order valence-corrected chi connectivity index (χ4v) is 2.10. The summed E-state index contributed by atoms with van der Waals surface area (Å²) in [5.74, 6) is -0.450. The van der Waals surface area contributed by atoms with Crippen LogP contribution < -0.4 is 5.32 Å². The Labute approximate surface area is 121 Å². The lowest BCUT2D eigenvalue weighted by Gasteiger charge is -2.14. The van der Waals surface area contributed by atoms with Gasteiger partial charge in [-0.3, -0.25) is 4.79 Å².